The molecule has 0 bridgehead atoms. The number of hydrogen-bond donors (Lipinski definition) is 3. The molecule has 0 saturated carbocycles. The van der Waals surface area contributed by atoms with Crippen LogP contribution in [0.4, 0.5) is 23.2 Å². The van der Waals surface area contributed by atoms with Crippen LogP contribution in [0, 0.1) is 17.1 Å². The molecule has 0 unspecified atom stereocenters. The van der Waals surface area contributed by atoms with Crippen LogP contribution in [0.3, 0.4) is 0 Å². The van der Waals surface area contributed by atoms with Gasteiger partial charge in [-0.2, -0.15) is 23.5 Å². The van der Waals surface area contributed by atoms with E-state index in [1.54, 1.807) is 35.2 Å². The number of H-pyrrole nitrogens is 1. The number of carbonyl (C=O) groups is 2. The summed E-state index contributed by atoms with van der Waals surface area (Å²) in [4.78, 5) is 41.9. The number of aromatic amines is 1. The van der Waals surface area contributed by atoms with Crippen molar-refractivity contribution in [2.45, 2.75) is 42.9 Å². The highest BCUT2D eigenvalue weighted by atomic mass is 32.2. The average molecular weight is 893 g/mol. The summed E-state index contributed by atoms with van der Waals surface area (Å²) >= 11 is 0. The number of amides is 2. The fourth-order valence-electron chi connectivity index (χ4n) is 7.02. The largest absolute Gasteiger partial charge is 0.494 e. The van der Waals surface area contributed by atoms with Crippen molar-refractivity contribution in [3.8, 4) is 11.8 Å². The van der Waals surface area contributed by atoms with Gasteiger partial charge in [-0.25, -0.2) is 17.9 Å². The first kappa shape index (κ1) is 46.3. The maximum Gasteiger partial charge on any atom is 0.417 e. The monoisotopic (exact) mass is 892 g/mol. The number of ether oxygens (including phenoxy) is 2. The van der Waals surface area contributed by atoms with Crippen LogP contribution in [0.1, 0.15) is 52.5 Å². The maximum absolute atomic E-state index is 14.9. The van der Waals surface area contributed by atoms with Crippen LogP contribution in [0.25, 0.3) is 10.8 Å². The Morgan fingerprint density at radius 2 is 1.63 bits per heavy atom. The van der Waals surface area contributed by atoms with Gasteiger partial charge in [-0.1, -0.05) is 24.3 Å². The molecule has 14 nitrogen and oxygen atoms in total. The number of benzene rings is 4. The van der Waals surface area contributed by atoms with Crippen molar-refractivity contribution in [3.63, 3.8) is 0 Å². The number of fused-ring (bicyclic) bond motifs is 1. The number of carbonyl (C=O) groups excluding carboxylic acids is 2. The van der Waals surface area contributed by atoms with Gasteiger partial charge in [0.2, 0.25) is 0 Å². The summed E-state index contributed by atoms with van der Waals surface area (Å²) in [5.74, 6) is -2.95. The van der Waals surface area contributed by atoms with E-state index < -0.39 is 50.2 Å². The summed E-state index contributed by atoms with van der Waals surface area (Å²) in [6.45, 7) is 4.97. The maximum atomic E-state index is 14.9. The number of nitrogens with zero attached hydrogens (tertiary/aromatic N) is 4. The summed E-state index contributed by atoms with van der Waals surface area (Å²) < 4.78 is 92.4. The van der Waals surface area contributed by atoms with Crippen molar-refractivity contribution in [1.29, 1.82) is 5.26 Å². The SMILES string of the molecule is C[C@](O)(CS(=O)(=O)c1ccc(OCCCOCCCN2CCN(C(=O)c3cc(Cc4n[nH]c(=O)c5ccccc45)ccc3F)CC2)cc1)C(=O)Nc1ccc(C#N)c(C(F)(F)F)c1. The Morgan fingerprint density at radius 3 is 2.33 bits per heavy atom. The van der Waals surface area contributed by atoms with Crippen molar-refractivity contribution in [2.24, 2.45) is 0 Å². The summed E-state index contributed by atoms with van der Waals surface area (Å²) in [6.07, 6.45) is -3.29. The molecule has 0 radical (unpaired) electrons. The van der Waals surface area contributed by atoms with Crippen molar-refractivity contribution in [2.75, 3.05) is 63.6 Å². The van der Waals surface area contributed by atoms with E-state index in [0.29, 0.717) is 86.1 Å². The van der Waals surface area contributed by atoms with Crippen molar-refractivity contribution < 1.29 is 50.1 Å². The third-order valence-corrected chi connectivity index (χ3v) is 12.3. The Morgan fingerprint density at radius 1 is 0.937 bits per heavy atom. The van der Waals surface area contributed by atoms with E-state index in [1.807, 2.05) is 6.07 Å². The van der Waals surface area contributed by atoms with Crippen molar-refractivity contribution >= 4 is 38.1 Å². The van der Waals surface area contributed by atoms with Gasteiger partial charge in [0.1, 0.15) is 11.6 Å². The zero-order valence-electron chi connectivity index (χ0n) is 34.1. The van der Waals surface area contributed by atoms with Crippen LogP contribution >= 0.6 is 0 Å². The highest BCUT2D eigenvalue weighted by Gasteiger charge is 2.38. The predicted octanol–water partition coefficient (Wildman–Crippen LogP) is 5.34. The van der Waals surface area contributed by atoms with Gasteiger partial charge in [0.25, 0.3) is 17.4 Å². The lowest BCUT2D eigenvalue weighted by atomic mass is 10.0. The van der Waals surface area contributed by atoms with Crippen LogP contribution in [-0.4, -0.2) is 109 Å². The summed E-state index contributed by atoms with van der Waals surface area (Å²) in [5.41, 5.74) is -3.88. The molecule has 3 N–H and O–H groups in total. The molecule has 1 fully saturated rings. The van der Waals surface area contributed by atoms with E-state index in [2.05, 4.69) is 20.4 Å². The van der Waals surface area contributed by atoms with E-state index in [1.165, 1.54) is 36.4 Å². The zero-order chi connectivity index (χ0) is 45.4. The molecule has 332 valence electrons. The molecule has 63 heavy (non-hydrogen) atoms. The summed E-state index contributed by atoms with van der Waals surface area (Å²) in [5, 5.41) is 29.7. The predicted molar refractivity (Wildman–Crippen MR) is 223 cm³/mol. The van der Waals surface area contributed by atoms with E-state index in [4.69, 9.17) is 14.7 Å². The molecule has 1 atom stereocenters. The van der Waals surface area contributed by atoms with Crippen LogP contribution in [0.2, 0.25) is 0 Å². The van der Waals surface area contributed by atoms with Gasteiger partial charge in [0, 0.05) is 69.9 Å². The molecule has 2 heterocycles. The van der Waals surface area contributed by atoms with Gasteiger partial charge < -0.3 is 24.8 Å². The number of sulfone groups is 1. The minimum absolute atomic E-state index is 0.0107. The fourth-order valence-corrected chi connectivity index (χ4v) is 8.60. The third-order valence-electron chi connectivity index (χ3n) is 10.4. The minimum atomic E-state index is -4.89. The second-order valence-electron chi connectivity index (χ2n) is 15.2. The molecule has 4 aromatic carbocycles. The number of aromatic nitrogens is 2. The summed E-state index contributed by atoms with van der Waals surface area (Å²) in [7, 11) is -4.25. The second-order valence-corrected chi connectivity index (χ2v) is 17.2. The highest BCUT2D eigenvalue weighted by Crippen LogP contribution is 2.34. The fraction of sp³-hybridized carbons (Fsp3) is 0.341. The standard InChI is InChI=1S/C44H44F4N6O8S/c1-43(58,42(57)50-31-10-9-30(27-49)37(26-31)44(46,47)48)28-63(59,60)33-13-11-32(12-14-33)62-23-5-22-61-21-4-16-53-17-19-54(20-18-53)41(56)36-24-29(8-15-38(36)45)25-39-34-6-2-3-7-35(34)40(55)52-51-39/h2-3,6-15,24,26,58H,4-5,16-23,25,28H2,1H3,(H,50,57)(H,52,55)/t43-/m0/s1. The lowest BCUT2D eigenvalue weighted by Gasteiger charge is -2.34. The van der Waals surface area contributed by atoms with Gasteiger partial charge >= 0.3 is 6.18 Å². The molecule has 1 aromatic heterocycles. The Bertz CT molecular complexity index is 2660. The molecule has 1 saturated heterocycles. The smallest absolute Gasteiger partial charge is 0.417 e. The number of nitrogens with one attached hydrogen (secondary N) is 2. The zero-order valence-corrected chi connectivity index (χ0v) is 34.9. The van der Waals surface area contributed by atoms with Gasteiger partial charge in [0.05, 0.1) is 51.1 Å². The molecule has 1 aliphatic heterocycles. The molecule has 2 amide bonds. The van der Waals surface area contributed by atoms with Gasteiger partial charge in [0.15, 0.2) is 15.4 Å². The Labute approximate surface area is 360 Å². The number of alkyl halides is 3. The number of aliphatic hydroxyl groups is 1. The number of anilines is 1. The number of nitriles is 1. The molecular formula is C44H44F4N6O8S. The molecule has 0 spiro atoms. The Kier molecular flexibility index (Phi) is 14.6. The quantitative estimate of drug-likeness (QED) is 0.0806. The van der Waals surface area contributed by atoms with Gasteiger partial charge in [-0.3, -0.25) is 19.3 Å². The first-order valence-corrected chi connectivity index (χ1v) is 21.6. The molecule has 1 aliphatic rings. The number of piperazine rings is 1. The number of halogens is 4. The minimum Gasteiger partial charge on any atom is -0.494 e. The first-order chi connectivity index (χ1) is 29.9. The first-order valence-electron chi connectivity index (χ1n) is 19.9. The number of hydrogen-bond acceptors (Lipinski definition) is 11. The molecule has 6 rings (SSSR count). The normalized spacial score (nSPS) is 14.5. The Hall–Kier alpha value is -6.20. The third kappa shape index (κ3) is 11.8. The summed E-state index contributed by atoms with van der Waals surface area (Å²) in [6, 6.07) is 20.7. The highest BCUT2D eigenvalue weighted by molar-refractivity contribution is 7.91. The topological polar surface area (TPSA) is 195 Å². The van der Waals surface area contributed by atoms with E-state index in [0.717, 1.165) is 32.0 Å². The van der Waals surface area contributed by atoms with Gasteiger partial charge in [-0.15, -0.1) is 0 Å². The van der Waals surface area contributed by atoms with Crippen molar-refractivity contribution in [3.05, 3.63) is 129 Å². The second kappa shape index (κ2) is 19.9. The van der Waals surface area contributed by atoms with E-state index in [9.17, 15) is 45.5 Å². The van der Waals surface area contributed by atoms with E-state index in [-0.39, 0.29) is 34.2 Å². The lowest BCUT2D eigenvalue weighted by Crippen LogP contribution is -2.49. The van der Waals surface area contributed by atoms with Gasteiger partial charge in [-0.05, 0) is 79.6 Å². The van der Waals surface area contributed by atoms with Crippen LogP contribution in [-0.2, 0) is 32.0 Å². The number of rotatable bonds is 17. The average Bonchev–Trinajstić information content (AvgIpc) is 3.25. The van der Waals surface area contributed by atoms with E-state index >= 15 is 0 Å². The molecular weight excluding hydrogens is 849 g/mol. The van der Waals surface area contributed by atoms with Crippen LogP contribution in [0.5, 0.6) is 5.75 Å². The Balaban J connectivity index is 0.868. The molecule has 0 aliphatic carbocycles. The lowest BCUT2D eigenvalue weighted by molar-refractivity contribution is -0.137. The molecule has 5 aromatic rings. The molecule has 19 heteroatoms. The van der Waals surface area contributed by atoms with Crippen LogP contribution in [0.15, 0.2) is 94.6 Å². The van der Waals surface area contributed by atoms with Crippen LogP contribution < -0.4 is 15.6 Å². The van der Waals surface area contributed by atoms with Crippen molar-refractivity contribution in [1.82, 2.24) is 20.0 Å².